The van der Waals surface area contributed by atoms with Gasteiger partial charge in [-0.15, -0.1) is 6.58 Å². The summed E-state index contributed by atoms with van der Waals surface area (Å²) in [5.74, 6) is 0.116. The molecule has 0 aliphatic rings. The largest absolute Gasteiger partial charge is 0.375 e. The molecule has 2 rings (SSSR count). The van der Waals surface area contributed by atoms with Gasteiger partial charge in [0.15, 0.2) is 0 Å². The minimum absolute atomic E-state index is 0.00320. The van der Waals surface area contributed by atoms with Gasteiger partial charge in [0, 0.05) is 20.1 Å². The zero-order valence-corrected chi connectivity index (χ0v) is 16.4. The summed E-state index contributed by atoms with van der Waals surface area (Å²) >= 11 is 0. The smallest absolute Gasteiger partial charge is 0.117 e. The molecule has 0 saturated heterocycles. The number of hydrogen-bond donors (Lipinski definition) is 0. The number of methoxy groups -OCH3 is 1. The summed E-state index contributed by atoms with van der Waals surface area (Å²) < 4.78 is 5.76. The molecule has 0 radical (unpaired) electrons. The van der Waals surface area contributed by atoms with Crippen LogP contribution in [-0.4, -0.2) is 25.1 Å². The summed E-state index contributed by atoms with van der Waals surface area (Å²) in [6.45, 7) is 5.96. The minimum Gasteiger partial charge on any atom is -0.375 e. The van der Waals surface area contributed by atoms with E-state index in [9.17, 15) is 5.26 Å². The van der Waals surface area contributed by atoms with Gasteiger partial charge in [0.25, 0.3) is 0 Å². The fraction of sp³-hybridized carbons (Fsp3) is 0.292. The Bertz CT molecular complexity index is 777. The van der Waals surface area contributed by atoms with Crippen LogP contribution in [-0.2, 0) is 4.74 Å². The van der Waals surface area contributed by atoms with E-state index in [0.717, 1.165) is 12.0 Å². The van der Waals surface area contributed by atoms with E-state index < -0.39 is 0 Å². The highest BCUT2D eigenvalue weighted by molar-refractivity contribution is 5.31. The van der Waals surface area contributed by atoms with Gasteiger partial charge < -0.3 is 9.64 Å². The molecular weight excluding hydrogens is 332 g/mol. The van der Waals surface area contributed by atoms with E-state index in [0.29, 0.717) is 5.70 Å². The average molecular weight is 361 g/mol. The van der Waals surface area contributed by atoms with Crippen LogP contribution in [0.4, 0.5) is 0 Å². The highest BCUT2D eigenvalue weighted by Crippen LogP contribution is 2.28. The molecule has 0 spiro atoms. The Morgan fingerprint density at radius 3 is 2.15 bits per heavy atom. The lowest BCUT2D eigenvalue weighted by atomic mass is 9.94. The second kappa shape index (κ2) is 10.4. The van der Waals surface area contributed by atoms with E-state index in [4.69, 9.17) is 4.74 Å². The van der Waals surface area contributed by atoms with Gasteiger partial charge in [-0.25, -0.2) is 0 Å². The van der Waals surface area contributed by atoms with Crippen molar-refractivity contribution >= 4 is 0 Å². The Morgan fingerprint density at radius 1 is 1.11 bits per heavy atom. The Morgan fingerprint density at radius 2 is 1.67 bits per heavy atom. The van der Waals surface area contributed by atoms with Crippen molar-refractivity contribution in [3.63, 3.8) is 0 Å². The van der Waals surface area contributed by atoms with Gasteiger partial charge in [-0.05, 0) is 30.5 Å². The molecule has 27 heavy (non-hydrogen) atoms. The molecule has 0 aliphatic heterocycles. The second-order valence-corrected chi connectivity index (χ2v) is 6.62. The van der Waals surface area contributed by atoms with Gasteiger partial charge in [0.1, 0.15) is 17.9 Å². The van der Waals surface area contributed by atoms with Crippen LogP contribution in [0.15, 0.2) is 85.1 Å². The Kier molecular flexibility index (Phi) is 7.85. The monoisotopic (exact) mass is 360 g/mol. The molecule has 140 valence electrons. The molecule has 0 heterocycles. The number of ether oxygens (including phenoxy) is 1. The van der Waals surface area contributed by atoms with E-state index in [2.05, 4.69) is 43.8 Å². The van der Waals surface area contributed by atoms with E-state index >= 15 is 0 Å². The Labute approximate surface area is 163 Å². The molecule has 0 aliphatic carbocycles. The van der Waals surface area contributed by atoms with Gasteiger partial charge in [0.2, 0.25) is 0 Å². The molecule has 2 aromatic rings. The number of likely N-dealkylation sites (N-methyl/N-ethyl adjacent to an activating group) is 1. The van der Waals surface area contributed by atoms with Crippen molar-refractivity contribution in [3.05, 3.63) is 96.2 Å². The SMILES string of the molecule is C=CCC(/C=C(\C#N)N(C)C(C)C(OC)c1ccccc1)c1ccccc1. The van der Waals surface area contributed by atoms with Crippen LogP contribution in [0.3, 0.4) is 0 Å². The first kappa shape index (κ1) is 20.5. The van der Waals surface area contributed by atoms with Crippen molar-refractivity contribution in [2.24, 2.45) is 0 Å². The number of hydrogen-bond acceptors (Lipinski definition) is 3. The topological polar surface area (TPSA) is 36.3 Å². The van der Waals surface area contributed by atoms with Gasteiger partial charge in [-0.2, -0.15) is 5.26 Å². The third-order valence-corrected chi connectivity index (χ3v) is 4.93. The maximum absolute atomic E-state index is 9.81. The first-order valence-corrected chi connectivity index (χ1v) is 9.20. The maximum Gasteiger partial charge on any atom is 0.117 e. The second-order valence-electron chi connectivity index (χ2n) is 6.62. The fourth-order valence-electron chi connectivity index (χ4n) is 3.28. The first-order chi connectivity index (χ1) is 13.1. The summed E-state index contributed by atoms with van der Waals surface area (Å²) in [4.78, 5) is 2.00. The van der Waals surface area contributed by atoms with Gasteiger partial charge in [-0.3, -0.25) is 0 Å². The van der Waals surface area contributed by atoms with Crippen LogP contribution in [0.1, 0.15) is 36.5 Å². The van der Waals surface area contributed by atoms with Gasteiger partial charge in [-0.1, -0.05) is 66.7 Å². The lowest BCUT2D eigenvalue weighted by molar-refractivity contribution is 0.0424. The zero-order chi connectivity index (χ0) is 19.6. The molecule has 0 aromatic heterocycles. The maximum atomic E-state index is 9.81. The van der Waals surface area contributed by atoms with Crippen molar-refractivity contribution < 1.29 is 4.74 Å². The van der Waals surface area contributed by atoms with E-state index in [-0.39, 0.29) is 18.1 Å². The van der Waals surface area contributed by atoms with E-state index in [1.54, 1.807) is 7.11 Å². The van der Waals surface area contributed by atoms with Crippen LogP contribution in [0.2, 0.25) is 0 Å². The molecule has 0 bridgehead atoms. The van der Waals surface area contributed by atoms with Crippen molar-refractivity contribution in [1.29, 1.82) is 5.26 Å². The molecule has 3 unspecified atom stereocenters. The van der Waals surface area contributed by atoms with Crippen LogP contribution < -0.4 is 0 Å². The predicted molar refractivity (Wildman–Crippen MR) is 111 cm³/mol. The van der Waals surface area contributed by atoms with Crippen molar-refractivity contribution in [1.82, 2.24) is 4.90 Å². The minimum atomic E-state index is -0.123. The lowest BCUT2D eigenvalue weighted by Gasteiger charge is -2.33. The Balaban J connectivity index is 2.29. The fourth-order valence-corrected chi connectivity index (χ4v) is 3.28. The standard InChI is InChI=1S/C24H28N2O/c1-5-12-22(20-13-8-6-9-14-20)17-23(18-25)26(3)19(2)24(27-4)21-15-10-7-11-16-21/h5-11,13-17,19,22,24H,1,12H2,2-4H3/b23-17+. The average Bonchev–Trinajstić information content (AvgIpc) is 2.72. The third kappa shape index (κ3) is 5.32. The predicted octanol–water partition coefficient (Wildman–Crippen LogP) is 5.46. The van der Waals surface area contributed by atoms with Crippen LogP contribution in [0.25, 0.3) is 0 Å². The summed E-state index contributed by atoms with van der Waals surface area (Å²) in [5.41, 5.74) is 2.91. The molecule has 3 atom stereocenters. The van der Waals surface area contributed by atoms with E-state index in [1.807, 2.05) is 60.5 Å². The molecule has 0 N–H and O–H groups in total. The third-order valence-electron chi connectivity index (χ3n) is 4.93. The van der Waals surface area contributed by atoms with Crippen molar-refractivity contribution in [3.8, 4) is 6.07 Å². The Hall–Kier alpha value is -2.83. The number of allylic oxidation sites excluding steroid dienone is 3. The number of nitriles is 1. The molecule has 3 nitrogen and oxygen atoms in total. The number of nitrogens with zero attached hydrogens (tertiary/aromatic N) is 2. The number of rotatable bonds is 9. The summed E-state index contributed by atoms with van der Waals surface area (Å²) in [5, 5.41) is 9.81. The van der Waals surface area contributed by atoms with E-state index in [1.165, 1.54) is 5.56 Å². The van der Waals surface area contributed by atoms with Crippen LogP contribution in [0.5, 0.6) is 0 Å². The highest BCUT2D eigenvalue weighted by Gasteiger charge is 2.24. The summed E-state index contributed by atoms with van der Waals surface area (Å²) in [6, 6.07) is 22.7. The molecule has 3 heteroatoms. The quantitative estimate of drug-likeness (QED) is 0.440. The van der Waals surface area contributed by atoms with Gasteiger partial charge in [0.05, 0.1) is 6.04 Å². The molecule has 0 saturated carbocycles. The van der Waals surface area contributed by atoms with Gasteiger partial charge >= 0.3 is 0 Å². The van der Waals surface area contributed by atoms with Crippen molar-refractivity contribution in [2.75, 3.05) is 14.2 Å². The first-order valence-electron chi connectivity index (χ1n) is 9.20. The number of benzene rings is 2. The zero-order valence-electron chi connectivity index (χ0n) is 16.4. The lowest BCUT2D eigenvalue weighted by Crippen LogP contribution is -2.34. The summed E-state index contributed by atoms with van der Waals surface area (Å²) in [7, 11) is 3.66. The molecular formula is C24H28N2O. The molecule has 2 aromatic carbocycles. The molecule has 0 amide bonds. The summed E-state index contributed by atoms with van der Waals surface area (Å²) in [6.07, 6.45) is 4.59. The van der Waals surface area contributed by atoms with Crippen LogP contribution >= 0.6 is 0 Å². The van der Waals surface area contributed by atoms with Crippen LogP contribution in [0, 0.1) is 11.3 Å². The normalized spacial score (nSPS) is 14.7. The van der Waals surface area contributed by atoms with Crippen molar-refractivity contribution in [2.45, 2.75) is 31.4 Å². The molecule has 0 fully saturated rings. The highest BCUT2D eigenvalue weighted by atomic mass is 16.5.